The van der Waals surface area contributed by atoms with Crippen molar-refractivity contribution in [3.8, 4) is 5.13 Å². The highest BCUT2D eigenvalue weighted by atomic mass is 32.1. The van der Waals surface area contributed by atoms with Gasteiger partial charge < -0.3 is 15.1 Å². The molecule has 2 aromatic heterocycles. The van der Waals surface area contributed by atoms with Gasteiger partial charge in [0.1, 0.15) is 0 Å². The minimum atomic E-state index is 0.0425. The summed E-state index contributed by atoms with van der Waals surface area (Å²) in [5, 5.41) is 13.6. The van der Waals surface area contributed by atoms with Gasteiger partial charge in [-0.2, -0.15) is 0 Å². The average Bonchev–Trinajstić information content (AvgIpc) is 3.39. The van der Waals surface area contributed by atoms with E-state index in [4.69, 9.17) is 0 Å². The van der Waals surface area contributed by atoms with E-state index >= 15 is 0 Å². The zero-order chi connectivity index (χ0) is 19.9. The summed E-state index contributed by atoms with van der Waals surface area (Å²) in [6.07, 6.45) is 12.3. The molecule has 4 heterocycles. The number of hydrogen-bond donors (Lipinski definition) is 1. The van der Waals surface area contributed by atoms with Gasteiger partial charge in [-0.3, -0.25) is 9.36 Å². The number of rotatable bonds is 7. The van der Waals surface area contributed by atoms with E-state index in [1.165, 1.54) is 38.8 Å². The average molecular weight is 417 g/mol. The highest BCUT2D eigenvalue weighted by Crippen LogP contribution is 2.27. The number of piperidine rings is 1. The number of carbonyl (C=O) groups is 1. The molecule has 0 spiro atoms. The van der Waals surface area contributed by atoms with Crippen molar-refractivity contribution in [1.82, 2.24) is 25.0 Å². The first-order valence-electron chi connectivity index (χ1n) is 11.0. The number of anilines is 1. The smallest absolute Gasteiger partial charge is 0.224 e. The van der Waals surface area contributed by atoms with Gasteiger partial charge in [-0.05, 0) is 63.9 Å². The standard InChI is InChI=1S/C21H32N6OS/c28-19(22-10-8-13-25-11-3-1-2-4-12-25)18-9-7-16-27(17-18)21-24-23-20(29-21)26-14-5-6-15-26/h5-6,14-15,18H,1-4,7-13,16-17H2,(H,22,28). The van der Waals surface area contributed by atoms with E-state index in [1.54, 1.807) is 11.3 Å². The summed E-state index contributed by atoms with van der Waals surface area (Å²) in [6, 6.07) is 3.96. The fourth-order valence-corrected chi connectivity index (χ4v) is 5.13. The minimum absolute atomic E-state index is 0.0425. The van der Waals surface area contributed by atoms with Crippen molar-refractivity contribution in [2.75, 3.05) is 44.2 Å². The summed E-state index contributed by atoms with van der Waals surface area (Å²) < 4.78 is 1.97. The quantitative estimate of drug-likeness (QED) is 0.703. The van der Waals surface area contributed by atoms with Gasteiger partial charge >= 0.3 is 0 Å². The maximum Gasteiger partial charge on any atom is 0.224 e. The van der Waals surface area contributed by atoms with Gasteiger partial charge in [0.05, 0.1) is 5.92 Å². The maximum absolute atomic E-state index is 12.7. The molecule has 0 bridgehead atoms. The van der Waals surface area contributed by atoms with Gasteiger partial charge in [-0.1, -0.05) is 24.2 Å². The Balaban J connectivity index is 1.22. The normalized spacial score (nSPS) is 21.1. The van der Waals surface area contributed by atoms with Crippen LogP contribution >= 0.6 is 11.3 Å². The van der Waals surface area contributed by atoms with Crippen molar-refractivity contribution in [2.24, 2.45) is 5.92 Å². The molecule has 2 aliphatic rings. The topological polar surface area (TPSA) is 66.3 Å². The molecule has 1 amide bonds. The van der Waals surface area contributed by atoms with Gasteiger partial charge in [0.25, 0.3) is 0 Å². The number of carbonyl (C=O) groups excluding carboxylic acids is 1. The monoisotopic (exact) mass is 416 g/mol. The molecule has 158 valence electrons. The van der Waals surface area contributed by atoms with Gasteiger partial charge in [0.2, 0.25) is 16.2 Å². The van der Waals surface area contributed by atoms with Crippen molar-refractivity contribution in [3.05, 3.63) is 24.5 Å². The minimum Gasteiger partial charge on any atom is -0.356 e. The Hall–Kier alpha value is -1.93. The summed E-state index contributed by atoms with van der Waals surface area (Å²) in [6.45, 7) is 6.00. The second kappa shape index (κ2) is 10.2. The van der Waals surface area contributed by atoms with Crippen LogP contribution in [0.2, 0.25) is 0 Å². The maximum atomic E-state index is 12.7. The zero-order valence-electron chi connectivity index (χ0n) is 17.1. The number of likely N-dealkylation sites (tertiary alicyclic amines) is 1. The lowest BCUT2D eigenvalue weighted by Gasteiger charge is -2.31. The Bertz CT molecular complexity index is 753. The van der Waals surface area contributed by atoms with E-state index in [1.807, 2.05) is 29.1 Å². The molecule has 0 saturated carbocycles. The highest BCUT2D eigenvalue weighted by molar-refractivity contribution is 7.17. The largest absolute Gasteiger partial charge is 0.356 e. The van der Waals surface area contributed by atoms with Crippen molar-refractivity contribution in [1.29, 1.82) is 0 Å². The number of nitrogens with zero attached hydrogens (tertiary/aromatic N) is 5. The SMILES string of the molecule is O=C(NCCCN1CCCCCC1)C1CCCN(c2nnc(-n3cccc3)s2)C1. The molecular weight excluding hydrogens is 384 g/mol. The first-order chi connectivity index (χ1) is 14.3. The molecule has 0 aliphatic carbocycles. The van der Waals surface area contributed by atoms with E-state index < -0.39 is 0 Å². The molecule has 29 heavy (non-hydrogen) atoms. The molecule has 2 fully saturated rings. The predicted octanol–water partition coefficient (Wildman–Crippen LogP) is 2.93. The molecule has 2 aliphatic heterocycles. The first-order valence-corrected chi connectivity index (χ1v) is 11.8. The number of aromatic nitrogens is 3. The Kier molecular flexibility index (Phi) is 7.16. The van der Waals surface area contributed by atoms with Gasteiger partial charge in [-0.25, -0.2) is 0 Å². The van der Waals surface area contributed by atoms with E-state index in [2.05, 4.69) is 25.3 Å². The number of nitrogens with one attached hydrogen (secondary N) is 1. The molecular formula is C21H32N6OS. The summed E-state index contributed by atoms with van der Waals surface area (Å²) >= 11 is 1.58. The van der Waals surface area contributed by atoms with Crippen molar-refractivity contribution >= 4 is 22.4 Å². The Labute approximate surface area is 177 Å². The molecule has 4 rings (SSSR count). The molecule has 7 nitrogen and oxygen atoms in total. The zero-order valence-corrected chi connectivity index (χ0v) is 17.9. The Morgan fingerprint density at radius 1 is 1.03 bits per heavy atom. The third kappa shape index (κ3) is 5.57. The van der Waals surface area contributed by atoms with Crippen molar-refractivity contribution < 1.29 is 4.79 Å². The van der Waals surface area contributed by atoms with E-state index in [0.717, 1.165) is 55.7 Å². The molecule has 0 aromatic carbocycles. The fraction of sp³-hybridized carbons (Fsp3) is 0.667. The Morgan fingerprint density at radius 2 is 1.79 bits per heavy atom. The summed E-state index contributed by atoms with van der Waals surface area (Å²) in [5.74, 6) is 0.238. The van der Waals surface area contributed by atoms with Crippen LogP contribution in [0.1, 0.15) is 44.9 Å². The second-order valence-corrected chi connectivity index (χ2v) is 9.08. The van der Waals surface area contributed by atoms with Crippen LogP contribution in [0, 0.1) is 5.92 Å². The van der Waals surface area contributed by atoms with Crippen LogP contribution in [-0.4, -0.2) is 64.8 Å². The Morgan fingerprint density at radius 3 is 2.59 bits per heavy atom. The van der Waals surface area contributed by atoms with E-state index in [-0.39, 0.29) is 11.8 Å². The van der Waals surface area contributed by atoms with Crippen LogP contribution in [0.4, 0.5) is 5.13 Å². The predicted molar refractivity (Wildman–Crippen MR) is 117 cm³/mol. The van der Waals surface area contributed by atoms with E-state index in [0.29, 0.717) is 0 Å². The van der Waals surface area contributed by atoms with Crippen molar-refractivity contribution in [3.63, 3.8) is 0 Å². The van der Waals surface area contributed by atoms with Crippen molar-refractivity contribution in [2.45, 2.75) is 44.9 Å². The van der Waals surface area contributed by atoms with Crippen LogP contribution in [0.3, 0.4) is 0 Å². The number of amides is 1. The summed E-state index contributed by atoms with van der Waals surface area (Å²) in [4.78, 5) is 17.5. The third-order valence-corrected chi connectivity index (χ3v) is 6.94. The molecule has 0 radical (unpaired) electrons. The third-order valence-electron chi connectivity index (χ3n) is 5.94. The lowest BCUT2D eigenvalue weighted by molar-refractivity contribution is -0.125. The van der Waals surface area contributed by atoms with Crippen LogP contribution in [0.25, 0.3) is 5.13 Å². The fourth-order valence-electron chi connectivity index (χ4n) is 4.29. The molecule has 1 N–H and O–H groups in total. The van der Waals surface area contributed by atoms with Gasteiger partial charge in [-0.15, -0.1) is 10.2 Å². The lowest BCUT2D eigenvalue weighted by atomic mass is 9.97. The van der Waals surface area contributed by atoms with E-state index in [9.17, 15) is 4.79 Å². The highest BCUT2D eigenvalue weighted by Gasteiger charge is 2.27. The van der Waals surface area contributed by atoms with Gasteiger partial charge in [0, 0.05) is 32.0 Å². The van der Waals surface area contributed by atoms with Crippen LogP contribution in [0.5, 0.6) is 0 Å². The summed E-state index contributed by atoms with van der Waals surface area (Å²) in [5.41, 5.74) is 0. The van der Waals surface area contributed by atoms with Crippen LogP contribution in [0.15, 0.2) is 24.5 Å². The number of hydrogen-bond acceptors (Lipinski definition) is 6. The van der Waals surface area contributed by atoms with Gasteiger partial charge in [0.15, 0.2) is 0 Å². The second-order valence-electron chi connectivity index (χ2n) is 8.14. The summed E-state index contributed by atoms with van der Waals surface area (Å²) in [7, 11) is 0. The molecule has 1 unspecified atom stereocenters. The van der Waals surface area contributed by atoms with Crippen LogP contribution < -0.4 is 10.2 Å². The molecule has 1 atom stereocenters. The lowest BCUT2D eigenvalue weighted by Crippen LogP contribution is -2.43. The van der Waals surface area contributed by atoms with Crippen LogP contribution in [-0.2, 0) is 4.79 Å². The molecule has 8 heteroatoms. The molecule has 2 aromatic rings. The first kappa shape index (κ1) is 20.3. The molecule has 2 saturated heterocycles.